The molecule has 1 N–H and O–H groups in total. The fourth-order valence-electron chi connectivity index (χ4n) is 2.83. The van der Waals surface area contributed by atoms with Crippen molar-refractivity contribution in [1.29, 1.82) is 0 Å². The number of carbonyl (C=O) groups is 1. The minimum Gasteiger partial charge on any atom is -0.492 e. The van der Waals surface area contributed by atoms with E-state index in [1.165, 1.54) is 5.56 Å². The predicted molar refractivity (Wildman–Crippen MR) is 112 cm³/mol. The van der Waals surface area contributed by atoms with E-state index in [9.17, 15) is 13.2 Å². The molecule has 0 saturated carbocycles. The molecule has 0 radical (unpaired) electrons. The third-order valence-corrected chi connectivity index (χ3v) is 5.46. The van der Waals surface area contributed by atoms with Crippen LogP contribution in [-0.4, -0.2) is 40.3 Å². The van der Waals surface area contributed by atoms with Gasteiger partial charge >= 0.3 is 0 Å². The predicted octanol–water partition coefficient (Wildman–Crippen LogP) is 2.83. The van der Waals surface area contributed by atoms with E-state index in [4.69, 9.17) is 4.74 Å². The molecule has 2 rings (SSSR count). The van der Waals surface area contributed by atoms with E-state index in [2.05, 4.69) is 12.2 Å². The molecule has 6 nitrogen and oxygen atoms in total. The van der Waals surface area contributed by atoms with Gasteiger partial charge in [-0.25, -0.2) is 8.42 Å². The van der Waals surface area contributed by atoms with Crippen molar-refractivity contribution in [3.05, 3.63) is 59.2 Å². The van der Waals surface area contributed by atoms with Crippen molar-refractivity contribution in [2.75, 3.05) is 30.3 Å². The Balaban J connectivity index is 1.91. The number of nitrogens with one attached hydrogen (secondary N) is 1. The number of benzene rings is 2. The molecule has 0 unspecified atom stereocenters. The number of nitrogens with zero attached hydrogens (tertiary/aromatic N) is 1. The fourth-order valence-corrected chi connectivity index (χ4v) is 3.75. The van der Waals surface area contributed by atoms with Gasteiger partial charge in [-0.2, -0.15) is 0 Å². The number of hydrogen-bond donors (Lipinski definition) is 1. The van der Waals surface area contributed by atoms with Crippen LogP contribution in [-0.2, 0) is 21.2 Å². The highest BCUT2D eigenvalue weighted by atomic mass is 32.2. The molecule has 152 valence electrons. The largest absolute Gasteiger partial charge is 0.492 e. The first-order valence-electron chi connectivity index (χ1n) is 9.24. The Bertz CT molecular complexity index is 909. The maximum absolute atomic E-state index is 12.3. The van der Waals surface area contributed by atoms with Gasteiger partial charge in [0.25, 0.3) is 0 Å². The van der Waals surface area contributed by atoms with Gasteiger partial charge in [-0.15, -0.1) is 0 Å². The molecule has 28 heavy (non-hydrogen) atoms. The second-order valence-electron chi connectivity index (χ2n) is 6.76. The molecule has 0 spiro atoms. The normalized spacial score (nSPS) is 11.1. The van der Waals surface area contributed by atoms with Gasteiger partial charge < -0.3 is 10.1 Å². The first-order valence-corrected chi connectivity index (χ1v) is 11.1. The van der Waals surface area contributed by atoms with Crippen LogP contribution in [0.1, 0.15) is 23.6 Å². The van der Waals surface area contributed by atoms with Crippen molar-refractivity contribution < 1.29 is 17.9 Å². The van der Waals surface area contributed by atoms with E-state index in [1.807, 2.05) is 50.2 Å². The van der Waals surface area contributed by atoms with E-state index in [1.54, 1.807) is 6.07 Å². The maximum atomic E-state index is 12.3. The van der Waals surface area contributed by atoms with Crippen LogP contribution < -0.4 is 14.4 Å². The molecule has 0 heterocycles. The number of aryl methyl sites for hydroxylation is 3. The smallest absolute Gasteiger partial charge is 0.240 e. The van der Waals surface area contributed by atoms with E-state index in [0.29, 0.717) is 18.8 Å². The summed E-state index contributed by atoms with van der Waals surface area (Å²) >= 11 is 0. The Hall–Kier alpha value is -2.54. The Morgan fingerprint density at radius 2 is 1.79 bits per heavy atom. The summed E-state index contributed by atoms with van der Waals surface area (Å²) in [5, 5.41) is 2.71. The van der Waals surface area contributed by atoms with Gasteiger partial charge in [0.1, 0.15) is 18.9 Å². The number of amides is 1. The Morgan fingerprint density at radius 1 is 1.11 bits per heavy atom. The Kier molecular flexibility index (Phi) is 7.45. The number of ether oxygens (including phenoxy) is 1. The molecule has 0 aliphatic heterocycles. The third kappa shape index (κ3) is 6.27. The zero-order chi connectivity index (χ0) is 20.7. The summed E-state index contributed by atoms with van der Waals surface area (Å²) in [4.78, 5) is 12.3. The Labute approximate surface area is 167 Å². The van der Waals surface area contributed by atoms with Gasteiger partial charge in [-0.05, 0) is 49.6 Å². The highest BCUT2D eigenvalue weighted by molar-refractivity contribution is 7.92. The van der Waals surface area contributed by atoms with Crippen molar-refractivity contribution in [2.45, 2.75) is 27.2 Å². The van der Waals surface area contributed by atoms with Crippen molar-refractivity contribution >= 4 is 21.6 Å². The lowest BCUT2D eigenvalue weighted by Gasteiger charge is -2.24. The van der Waals surface area contributed by atoms with E-state index in [-0.39, 0.29) is 12.5 Å². The van der Waals surface area contributed by atoms with Gasteiger partial charge in [0.05, 0.1) is 18.5 Å². The van der Waals surface area contributed by atoms with Gasteiger partial charge in [-0.3, -0.25) is 9.10 Å². The molecule has 0 bridgehead atoms. The Morgan fingerprint density at radius 3 is 2.36 bits per heavy atom. The average molecular weight is 405 g/mol. The maximum Gasteiger partial charge on any atom is 0.240 e. The summed E-state index contributed by atoms with van der Waals surface area (Å²) in [5.74, 6) is 0.356. The highest BCUT2D eigenvalue weighted by Crippen LogP contribution is 2.23. The number of carbonyl (C=O) groups excluding carboxylic acids is 1. The number of hydrogen-bond acceptors (Lipinski definition) is 4. The molecule has 2 aromatic carbocycles. The van der Waals surface area contributed by atoms with Crippen molar-refractivity contribution in [1.82, 2.24) is 5.32 Å². The monoisotopic (exact) mass is 404 g/mol. The molecule has 7 heteroatoms. The summed E-state index contributed by atoms with van der Waals surface area (Å²) < 4.78 is 31.1. The topological polar surface area (TPSA) is 75.7 Å². The number of rotatable bonds is 9. The molecule has 1 amide bonds. The molecule has 2 aromatic rings. The van der Waals surface area contributed by atoms with E-state index < -0.39 is 10.0 Å². The molecular weight excluding hydrogens is 376 g/mol. The van der Waals surface area contributed by atoms with Crippen molar-refractivity contribution in [2.24, 2.45) is 0 Å². The van der Waals surface area contributed by atoms with Gasteiger partial charge in [0.15, 0.2) is 0 Å². The molecule has 0 saturated heterocycles. The van der Waals surface area contributed by atoms with Crippen LogP contribution in [0.3, 0.4) is 0 Å². The average Bonchev–Trinajstić information content (AvgIpc) is 2.63. The van der Waals surface area contributed by atoms with Crippen LogP contribution in [0.25, 0.3) is 0 Å². The molecule has 0 fully saturated rings. The zero-order valence-corrected chi connectivity index (χ0v) is 17.7. The molecule has 0 aliphatic carbocycles. The van der Waals surface area contributed by atoms with Crippen LogP contribution in [0.2, 0.25) is 0 Å². The second-order valence-corrected chi connectivity index (χ2v) is 8.66. The van der Waals surface area contributed by atoms with E-state index >= 15 is 0 Å². The molecule has 0 atom stereocenters. The minimum absolute atomic E-state index is 0.270. The van der Waals surface area contributed by atoms with Crippen molar-refractivity contribution in [3.8, 4) is 5.75 Å². The molecule has 0 aliphatic rings. The molecular formula is C21H28N2O4S. The molecule has 0 aromatic heterocycles. The van der Waals surface area contributed by atoms with Crippen LogP contribution >= 0.6 is 0 Å². The summed E-state index contributed by atoms with van der Waals surface area (Å²) in [6.45, 7) is 6.18. The number of sulfonamides is 1. The quantitative estimate of drug-likeness (QED) is 0.652. The second kappa shape index (κ2) is 9.59. The summed E-state index contributed by atoms with van der Waals surface area (Å²) in [5.41, 5.74) is 3.57. The summed E-state index contributed by atoms with van der Waals surface area (Å²) in [6, 6.07) is 13.2. The standard InChI is InChI=1S/C21H28N2O4S/c1-5-18-7-9-19(10-8-18)27-13-12-22-21(24)15-23(28(4,25)26)20-11-6-16(2)14-17(20)3/h6-11,14H,5,12-13,15H2,1-4H3,(H,22,24). The van der Waals surface area contributed by atoms with Crippen LogP contribution in [0.4, 0.5) is 5.69 Å². The van der Waals surface area contributed by atoms with Crippen LogP contribution in [0.15, 0.2) is 42.5 Å². The van der Waals surface area contributed by atoms with Gasteiger partial charge in [-0.1, -0.05) is 36.8 Å². The summed E-state index contributed by atoms with van der Waals surface area (Å²) in [6.07, 6.45) is 2.07. The highest BCUT2D eigenvalue weighted by Gasteiger charge is 2.22. The van der Waals surface area contributed by atoms with Gasteiger partial charge in [0, 0.05) is 0 Å². The fraction of sp³-hybridized carbons (Fsp3) is 0.381. The minimum atomic E-state index is -3.59. The van der Waals surface area contributed by atoms with Crippen LogP contribution in [0.5, 0.6) is 5.75 Å². The van der Waals surface area contributed by atoms with Crippen molar-refractivity contribution in [3.63, 3.8) is 0 Å². The summed E-state index contributed by atoms with van der Waals surface area (Å²) in [7, 11) is -3.59. The first kappa shape index (κ1) is 21.8. The lowest BCUT2D eigenvalue weighted by molar-refractivity contribution is -0.119. The first-order chi connectivity index (χ1) is 13.2. The van der Waals surface area contributed by atoms with Crippen LogP contribution in [0, 0.1) is 13.8 Å². The van der Waals surface area contributed by atoms with Gasteiger partial charge in [0.2, 0.25) is 15.9 Å². The zero-order valence-electron chi connectivity index (χ0n) is 16.9. The number of anilines is 1. The third-order valence-electron chi connectivity index (χ3n) is 4.33. The SMILES string of the molecule is CCc1ccc(OCCNC(=O)CN(c2ccc(C)cc2C)S(C)(=O)=O)cc1. The lowest BCUT2D eigenvalue weighted by Crippen LogP contribution is -2.41. The lowest BCUT2D eigenvalue weighted by atomic mass is 10.1. The van der Waals surface area contributed by atoms with E-state index in [0.717, 1.165) is 33.9 Å².